The number of rotatable bonds is 7. The Kier molecular flexibility index (Phi) is 6.54. The van der Waals surface area contributed by atoms with Crippen LogP contribution in [0.25, 0.3) is 0 Å². The summed E-state index contributed by atoms with van der Waals surface area (Å²) < 4.78 is 21.2. The van der Waals surface area contributed by atoms with Gasteiger partial charge in [0.1, 0.15) is 0 Å². The molecule has 0 spiro atoms. The van der Waals surface area contributed by atoms with Gasteiger partial charge in [0, 0.05) is 6.54 Å². The largest absolute Gasteiger partial charge is 0.355 e. The molecule has 0 aromatic rings. The molecule has 16 heavy (non-hydrogen) atoms. The van der Waals surface area contributed by atoms with E-state index in [2.05, 4.69) is 5.32 Å². The third kappa shape index (κ3) is 6.76. The number of amides is 1. The van der Waals surface area contributed by atoms with Crippen LogP contribution in [0.15, 0.2) is 0 Å². The lowest BCUT2D eigenvalue weighted by molar-refractivity contribution is -0.123. The molecule has 0 aliphatic heterocycles. The minimum Gasteiger partial charge on any atom is -0.355 e. The highest BCUT2D eigenvalue weighted by Crippen LogP contribution is 2.04. The van der Waals surface area contributed by atoms with E-state index in [0.29, 0.717) is 6.42 Å². The lowest BCUT2D eigenvalue weighted by Crippen LogP contribution is -2.45. The second kappa shape index (κ2) is 6.82. The van der Waals surface area contributed by atoms with E-state index in [1.807, 2.05) is 13.8 Å². The molecule has 5 N–H and O–H groups in total. The Bertz CT molecular complexity index is 316. The first-order chi connectivity index (χ1) is 7.28. The van der Waals surface area contributed by atoms with E-state index in [-0.39, 0.29) is 24.1 Å². The molecule has 0 fully saturated rings. The summed E-state index contributed by atoms with van der Waals surface area (Å²) in [5, 5.41) is 7.40. The average Bonchev–Trinajstić information content (AvgIpc) is 2.20. The van der Waals surface area contributed by atoms with Crippen molar-refractivity contribution in [3.63, 3.8) is 0 Å². The van der Waals surface area contributed by atoms with Crippen LogP contribution in [0.5, 0.6) is 0 Å². The van der Waals surface area contributed by atoms with Gasteiger partial charge in [-0.2, -0.15) is 0 Å². The molecule has 96 valence electrons. The molecular formula is C9H21N3O3S. The molecule has 1 amide bonds. The predicted octanol–water partition coefficient (Wildman–Crippen LogP) is -0.845. The Hall–Kier alpha value is -0.660. The molecule has 7 heteroatoms. The van der Waals surface area contributed by atoms with Gasteiger partial charge in [0.25, 0.3) is 0 Å². The second-order valence-electron chi connectivity index (χ2n) is 3.92. The van der Waals surface area contributed by atoms with Crippen LogP contribution in [0.4, 0.5) is 0 Å². The van der Waals surface area contributed by atoms with Crippen molar-refractivity contribution in [2.75, 3.05) is 12.3 Å². The van der Waals surface area contributed by atoms with Crippen LogP contribution < -0.4 is 16.2 Å². The van der Waals surface area contributed by atoms with E-state index >= 15 is 0 Å². The quantitative estimate of drug-likeness (QED) is 0.511. The fourth-order valence-electron chi connectivity index (χ4n) is 1.12. The first-order valence-electron chi connectivity index (χ1n) is 5.31. The minimum absolute atomic E-state index is 0.109. The van der Waals surface area contributed by atoms with Crippen molar-refractivity contribution < 1.29 is 13.2 Å². The lowest BCUT2D eigenvalue weighted by Gasteiger charge is -2.17. The summed E-state index contributed by atoms with van der Waals surface area (Å²) in [5.41, 5.74) is 5.68. The molecule has 0 heterocycles. The van der Waals surface area contributed by atoms with Crippen LogP contribution in [-0.2, 0) is 14.8 Å². The van der Waals surface area contributed by atoms with Gasteiger partial charge in [-0.15, -0.1) is 0 Å². The summed E-state index contributed by atoms with van der Waals surface area (Å²) in [6.07, 6.45) is 1.13. The topological polar surface area (TPSA) is 115 Å². The fraction of sp³-hybridized carbons (Fsp3) is 0.889. The van der Waals surface area contributed by atoms with Crippen molar-refractivity contribution in [1.82, 2.24) is 5.32 Å². The smallest absolute Gasteiger partial charge is 0.237 e. The third-order valence-corrected chi connectivity index (χ3v) is 3.32. The molecule has 0 aromatic carbocycles. The van der Waals surface area contributed by atoms with Crippen LogP contribution in [0.3, 0.4) is 0 Å². The van der Waals surface area contributed by atoms with E-state index in [0.717, 1.165) is 6.42 Å². The van der Waals surface area contributed by atoms with Gasteiger partial charge in [-0.05, 0) is 12.3 Å². The monoisotopic (exact) mass is 251 g/mol. The van der Waals surface area contributed by atoms with Gasteiger partial charge in [-0.25, -0.2) is 13.6 Å². The predicted molar refractivity (Wildman–Crippen MR) is 63.0 cm³/mol. The van der Waals surface area contributed by atoms with Gasteiger partial charge in [0.2, 0.25) is 15.9 Å². The van der Waals surface area contributed by atoms with E-state index in [9.17, 15) is 13.2 Å². The van der Waals surface area contributed by atoms with Gasteiger partial charge in [-0.3, -0.25) is 4.79 Å². The highest BCUT2D eigenvalue weighted by molar-refractivity contribution is 7.89. The maximum Gasteiger partial charge on any atom is 0.237 e. The number of carbonyl (C=O) groups is 1. The molecule has 2 atom stereocenters. The highest BCUT2D eigenvalue weighted by Gasteiger charge is 2.18. The van der Waals surface area contributed by atoms with Gasteiger partial charge in [0.15, 0.2) is 0 Å². The summed E-state index contributed by atoms with van der Waals surface area (Å²) in [5.74, 6) is -0.270. The number of hydrogen-bond acceptors (Lipinski definition) is 4. The Balaban J connectivity index is 3.82. The summed E-state index contributed by atoms with van der Waals surface area (Å²) in [4.78, 5) is 11.5. The van der Waals surface area contributed by atoms with Crippen molar-refractivity contribution in [1.29, 1.82) is 0 Å². The molecule has 0 aliphatic rings. The van der Waals surface area contributed by atoms with E-state index in [4.69, 9.17) is 10.9 Å². The van der Waals surface area contributed by atoms with Crippen LogP contribution in [0, 0.1) is 5.92 Å². The number of nitrogens with two attached hydrogens (primary N) is 2. The van der Waals surface area contributed by atoms with E-state index in [1.54, 1.807) is 0 Å². The molecule has 0 saturated heterocycles. The van der Waals surface area contributed by atoms with E-state index < -0.39 is 16.1 Å². The summed E-state index contributed by atoms with van der Waals surface area (Å²) >= 11 is 0. The van der Waals surface area contributed by atoms with Crippen molar-refractivity contribution >= 4 is 15.9 Å². The van der Waals surface area contributed by atoms with Crippen LogP contribution in [-0.4, -0.2) is 32.7 Å². The Morgan fingerprint density at radius 3 is 2.44 bits per heavy atom. The maximum absolute atomic E-state index is 11.5. The van der Waals surface area contributed by atoms with Crippen LogP contribution in [0.2, 0.25) is 0 Å². The third-order valence-electron chi connectivity index (χ3n) is 2.46. The SMILES string of the molecule is CCC(C)[C@H](N)C(=O)NCCCS(N)(=O)=O. The zero-order valence-electron chi connectivity index (χ0n) is 9.77. The first-order valence-corrected chi connectivity index (χ1v) is 7.03. The molecular weight excluding hydrogens is 230 g/mol. The number of primary sulfonamides is 1. The summed E-state index contributed by atoms with van der Waals surface area (Å²) in [6, 6.07) is -0.542. The Morgan fingerprint density at radius 1 is 1.44 bits per heavy atom. The molecule has 0 aromatic heterocycles. The lowest BCUT2D eigenvalue weighted by atomic mass is 9.99. The molecule has 0 radical (unpaired) electrons. The van der Waals surface area contributed by atoms with Gasteiger partial charge in [0.05, 0.1) is 11.8 Å². The van der Waals surface area contributed by atoms with Gasteiger partial charge >= 0.3 is 0 Å². The molecule has 1 unspecified atom stereocenters. The van der Waals surface area contributed by atoms with Gasteiger partial charge in [-0.1, -0.05) is 20.3 Å². The second-order valence-corrected chi connectivity index (χ2v) is 5.66. The molecule has 0 saturated carbocycles. The van der Waals surface area contributed by atoms with Crippen molar-refractivity contribution in [2.45, 2.75) is 32.7 Å². The summed E-state index contributed by atoms with van der Waals surface area (Å²) in [7, 11) is -3.45. The minimum atomic E-state index is -3.45. The van der Waals surface area contributed by atoms with E-state index in [1.165, 1.54) is 0 Å². The highest BCUT2D eigenvalue weighted by atomic mass is 32.2. The number of nitrogens with one attached hydrogen (secondary N) is 1. The normalized spacial score (nSPS) is 15.5. The van der Waals surface area contributed by atoms with Crippen molar-refractivity contribution in [2.24, 2.45) is 16.8 Å². The number of sulfonamides is 1. The number of hydrogen-bond donors (Lipinski definition) is 3. The Labute approximate surface area is 96.8 Å². The fourth-order valence-corrected chi connectivity index (χ4v) is 1.66. The Morgan fingerprint density at radius 2 is 2.00 bits per heavy atom. The zero-order valence-corrected chi connectivity index (χ0v) is 10.6. The average molecular weight is 251 g/mol. The van der Waals surface area contributed by atoms with Crippen molar-refractivity contribution in [3.05, 3.63) is 0 Å². The maximum atomic E-state index is 11.5. The van der Waals surface area contributed by atoms with Gasteiger partial charge < -0.3 is 11.1 Å². The number of carbonyl (C=O) groups excluding carboxylic acids is 1. The summed E-state index contributed by atoms with van der Waals surface area (Å²) in [6.45, 7) is 4.13. The molecule has 6 nitrogen and oxygen atoms in total. The standard InChI is InChI=1S/C9H21N3O3S/c1-3-7(2)8(10)9(13)12-5-4-6-16(11,14)15/h7-8H,3-6,10H2,1-2H3,(H,12,13)(H2,11,14,15)/t7?,8-/m0/s1. The molecule has 0 rings (SSSR count). The van der Waals surface area contributed by atoms with Crippen molar-refractivity contribution in [3.8, 4) is 0 Å². The first kappa shape index (κ1) is 15.3. The zero-order chi connectivity index (χ0) is 12.8. The molecule has 0 bridgehead atoms. The van der Waals surface area contributed by atoms with Crippen LogP contribution >= 0.6 is 0 Å². The molecule has 0 aliphatic carbocycles. The van der Waals surface area contributed by atoms with Crippen LogP contribution in [0.1, 0.15) is 26.7 Å².